The van der Waals surface area contributed by atoms with Crippen molar-refractivity contribution >= 4 is 11.9 Å². The molecule has 9 heteroatoms. The molecular weight excluding hydrogens is 360 g/mol. The maximum absolute atomic E-state index is 12.2. The highest BCUT2D eigenvalue weighted by Gasteiger charge is 2.28. The molecule has 0 aromatic carbocycles. The van der Waals surface area contributed by atoms with Crippen LogP contribution in [0.25, 0.3) is 0 Å². The van der Waals surface area contributed by atoms with Gasteiger partial charge in [0.2, 0.25) is 0 Å². The van der Waals surface area contributed by atoms with Crippen LogP contribution in [0.15, 0.2) is 4.99 Å². The Morgan fingerprint density at radius 2 is 2.14 bits per heavy atom. The smallest absolute Gasteiger partial charge is 0.310 e. The molecule has 0 saturated carbocycles. The van der Waals surface area contributed by atoms with Gasteiger partial charge in [-0.05, 0) is 40.0 Å². The lowest BCUT2D eigenvalue weighted by Gasteiger charge is -2.34. The number of likely N-dealkylation sites (tertiary alicyclic amines) is 1. The number of nitrogens with zero attached hydrogens (tertiary/aromatic N) is 5. The van der Waals surface area contributed by atoms with Crippen LogP contribution in [-0.4, -0.2) is 71.0 Å². The third kappa shape index (κ3) is 6.47. The summed E-state index contributed by atoms with van der Waals surface area (Å²) in [5, 5.41) is 11.7. The molecule has 0 bridgehead atoms. The molecule has 0 spiro atoms. The molecule has 1 unspecified atom stereocenters. The lowest BCUT2D eigenvalue weighted by Crippen LogP contribution is -2.48. The van der Waals surface area contributed by atoms with Crippen LogP contribution >= 0.6 is 0 Å². The van der Waals surface area contributed by atoms with Crippen LogP contribution in [0.4, 0.5) is 0 Å². The lowest BCUT2D eigenvalue weighted by atomic mass is 9.98. The van der Waals surface area contributed by atoms with Crippen molar-refractivity contribution in [3.05, 3.63) is 11.6 Å². The van der Waals surface area contributed by atoms with Gasteiger partial charge in [-0.1, -0.05) is 0 Å². The van der Waals surface area contributed by atoms with E-state index < -0.39 is 0 Å². The van der Waals surface area contributed by atoms with Gasteiger partial charge in [-0.3, -0.25) is 4.79 Å². The summed E-state index contributed by atoms with van der Waals surface area (Å²) in [5.74, 6) is 2.24. The van der Waals surface area contributed by atoms with Crippen LogP contribution in [0.2, 0.25) is 0 Å². The molecule has 1 saturated heterocycles. The lowest BCUT2D eigenvalue weighted by molar-refractivity contribution is -0.149. The Morgan fingerprint density at radius 1 is 1.32 bits per heavy atom. The maximum Gasteiger partial charge on any atom is 0.310 e. The Bertz CT molecular complexity index is 646. The van der Waals surface area contributed by atoms with Crippen LogP contribution in [0.3, 0.4) is 0 Å². The van der Waals surface area contributed by atoms with E-state index >= 15 is 0 Å². The van der Waals surface area contributed by atoms with Crippen molar-refractivity contribution in [1.29, 1.82) is 0 Å². The fourth-order valence-corrected chi connectivity index (χ4v) is 3.14. The molecule has 9 nitrogen and oxygen atoms in total. The number of aromatic nitrogens is 3. The Kier molecular flexibility index (Phi) is 9.19. The fraction of sp³-hybridized carbons (Fsp3) is 0.789. The standard InChI is InChI=1S/C19H34N6O3/c1-5-27-12-8-10-20-19(21-13-17-23-22-15(3)24(17)4)25-11-7-9-16(14-25)18(26)28-6-2/h16H,5-14H2,1-4H3,(H,20,21). The maximum atomic E-state index is 12.2. The average molecular weight is 395 g/mol. The van der Waals surface area contributed by atoms with Gasteiger partial charge in [0.1, 0.15) is 12.4 Å². The second-order valence-corrected chi connectivity index (χ2v) is 6.88. The number of carbonyl (C=O) groups is 1. The van der Waals surface area contributed by atoms with Gasteiger partial charge in [0.15, 0.2) is 11.8 Å². The van der Waals surface area contributed by atoms with Gasteiger partial charge in [-0.2, -0.15) is 0 Å². The molecule has 2 heterocycles. The molecule has 1 N–H and O–H groups in total. The van der Waals surface area contributed by atoms with Crippen LogP contribution in [0.1, 0.15) is 44.8 Å². The Labute approximate surface area is 167 Å². The first-order valence-electron chi connectivity index (χ1n) is 10.2. The van der Waals surface area contributed by atoms with Crippen LogP contribution in [0, 0.1) is 12.8 Å². The molecule has 0 aliphatic carbocycles. The van der Waals surface area contributed by atoms with E-state index in [1.54, 1.807) is 0 Å². The number of rotatable bonds is 9. The third-order valence-corrected chi connectivity index (χ3v) is 4.85. The molecule has 1 fully saturated rings. The van der Waals surface area contributed by atoms with Gasteiger partial charge in [-0.15, -0.1) is 10.2 Å². The van der Waals surface area contributed by atoms with E-state index in [4.69, 9.17) is 14.5 Å². The third-order valence-electron chi connectivity index (χ3n) is 4.85. The van der Waals surface area contributed by atoms with Crippen LogP contribution in [-0.2, 0) is 27.9 Å². The molecule has 1 atom stereocenters. The summed E-state index contributed by atoms with van der Waals surface area (Å²) in [4.78, 5) is 19.1. The zero-order valence-corrected chi connectivity index (χ0v) is 17.6. The van der Waals surface area contributed by atoms with Gasteiger partial charge in [0.05, 0.1) is 12.5 Å². The first kappa shape index (κ1) is 22.1. The van der Waals surface area contributed by atoms with E-state index in [2.05, 4.69) is 20.4 Å². The van der Waals surface area contributed by atoms with Gasteiger partial charge >= 0.3 is 5.97 Å². The molecule has 2 rings (SSSR count). The summed E-state index contributed by atoms with van der Waals surface area (Å²) < 4.78 is 12.6. The van der Waals surface area contributed by atoms with Crippen molar-refractivity contribution in [2.75, 3.05) is 39.5 Å². The Morgan fingerprint density at radius 3 is 2.82 bits per heavy atom. The summed E-state index contributed by atoms with van der Waals surface area (Å²) in [5.41, 5.74) is 0. The number of guanidine groups is 1. The van der Waals surface area contributed by atoms with Crippen molar-refractivity contribution in [3.8, 4) is 0 Å². The molecular formula is C19H34N6O3. The van der Waals surface area contributed by atoms with E-state index in [9.17, 15) is 4.79 Å². The van der Waals surface area contributed by atoms with E-state index in [1.807, 2.05) is 32.4 Å². The minimum Gasteiger partial charge on any atom is -0.466 e. The molecule has 1 aromatic heterocycles. The monoisotopic (exact) mass is 394 g/mol. The second-order valence-electron chi connectivity index (χ2n) is 6.88. The molecule has 1 aliphatic rings. The number of aryl methyl sites for hydroxylation is 1. The summed E-state index contributed by atoms with van der Waals surface area (Å²) in [6.07, 6.45) is 2.69. The molecule has 158 valence electrons. The average Bonchev–Trinajstić information content (AvgIpc) is 3.02. The summed E-state index contributed by atoms with van der Waals surface area (Å²) in [7, 11) is 1.94. The number of carbonyl (C=O) groups excluding carboxylic acids is 1. The van der Waals surface area contributed by atoms with Gasteiger partial charge in [-0.25, -0.2) is 4.99 Å². The minimum atomic E-state index is -0.119. The first-order valence-corrected chi connectivity index (χ1v) is 10.2. The quantitative estimate of drug-likeness (QED) is 0.292. The van der Waals surface area contributed by atoms with E-state index in [-0.39, 0.29) is 11.9 Å². The topological polar surface area (TPSA) is 93.9 Å². The Hall–Kier alpha value is -2.16. The van der Waals surface area contributed by atoms with Gasteiger partial charge < -0.3 is 24.3 Å². The minimum absolute atomic E-state index is 0.110. The van der Waals surface area contributed by atoms with Crippen molar-refractivity contribution < 1.29 is 14.3 Å². The number of ether oxygens (including phenoxy) is 2. The predicted octanol–water partition coefficient (Wildman–Crippen LogP) is 1.27. The molecule has 28 heavy (non-hydrogen) atoms. The molecule has 0 radical (unpaired) electrons. The number of esters is 1. The van der Waals surface area contributed by atoms with Crippen molar-refractivity contribution in [2.45, 2.75) is 46.6 Å². The zero-order valence-electron chi connectivity index (χ0n) is 17.6. The highest BCUT2D eigenvalue weighted by atomic mass is 16.5. The normalized spacial score (nSPS) is 17.6. The number of hydrogen-bond acceptors (Lipinski definition) is 6. The number of hydrogen-bond donors (Lipinski definition) is 1. The Balaban J connectivity index is 2.04. The van der Waals surface area contributed by atoms with Crippen LogP contribution < -0.4 is 5.32 Å². The van der Waals surface area contributed by atoms with Crippen molar-refractivity contribution in [1.82, 2.24) is 25.0 Å². The van der Waals surface area contributed by atoms with Crippen LogP contribution in [0.5, 0.6) is 0 Å². The first-order chi connectivity index (χ1) is 13.6. The molecule has 0 amide bonds. The number of piperidine rings is 1. The zero-order chi connectivity index (χ0) is 20.4. The van der Waals surface area contributed by atoms with E-state index in [0.717, 1.165) is 56.6 Å². The number of nitrogens with one attached hydrogen (secondary N) is 1. The summed E-state index contributed by atoms with van der Waals surface area (Å²) in [6.45, 7) is 10.3. The largest absolute Gasteiger partial charge is 0.466 e. The van der Waals surface area contributed by atoms with Crippen molar-refractivity contribution in [3.63, 3.8) is 0 Å². The number of aliphatic imine (C=N–C) groups is 1. The molecule has 1 aliphatic heterocycles. The fourth-order valence-electron chi connectivity index (χ4n) is 3.14. The molecule has 1 aromatic rings. The summed E-state index contributed by atoms with van der Waals surface area (Å²) >= 11 is 0. The van der Waals surface area contributed by atoms with Gasteiger partial charge in [0.25, 0.3) is 0 Å². The second kappa shape index (κ2) is 11.6. The summed E-state index contributed by atoms with van der Waals surface area (Å²) in [6, 6.07) is 0. The van der Waals surface area contributed by atoms with Crippen molar-refractivity contribution in [2.24, 2.45) is 18.0 Å². The predicted molar refractivity (Wildman–Crippen MR) is 107 cm³/mol. The highest BCUT2D eigenvalue weighted by Crippen LogP contribution is 2.18. The van der Waals surface area contributed by atoms with E-state index in [1.165, 1.54) is 0 Å². The SMILES string of the molecule is CCOCCCNC(=NCc1nnc(C)n1C)N1CCCC(C(=O)OCC)C1. The van der Waals surface area contributed by atoms with E-state index in [0.29, 0.717) is 26.3 Å². The highest BCUT2D eigenvalue weighted by molar-refractivity contribution is 5.81. The van der Waals surface area contributed by atoms with Gasteiger partial charge in [0, 0.05) is 39.9 Å².